The normalized spacial score (nSPS) is 10.2. The smallest absolute Gasteiger partial charge is 0.139 e. The number of rotatable bonds is 6. The molecule has 0 aliphatic carbocycles. The predicted octanol–water partition coefficient (Wildman–Crippen LogP) is 3.22. The Morgan fingerprint density at radius 2 is 1.95 bits per heavy atom. The van der Waals surface area contributed by atoms with E-state index in [1.165, 1.54) is 0 Å². The number of hydrogen-bond acceptors (Lipinski definition) is 5. The lowest BCUT2D eigenvalue weighted by atomic mass is 10.2. The Hall–Kier alpha value is -2.30. The van der Waals surface area contributed by atoms with Crippen LogP contribution >= 0.6 is 0 Å². The first-order valence-corrected chi connectivity index (χ1v) is 6.80. The predicted molar refractivity (Wildman–Crippen MR) is 81.9 cm³/mol. The number of hydrogen-bond donors (Lipinski definition) is 2. The summed E-state index contributed by atoms with van der Waals surface area (Å²) < 4.78 is 5.50. The van der Waals surface area contributed by atoms with E-state index in [2.05, 4.69) is 27.5 Å². The summed E-state index contributed by atoms with van der Waals surface area (Å²) >= 11 is 0. The van der Waals surface area contributed by atoms with E-state index in [-0.39, 0.29) is 0 Å². The quantitative estimate of drug-likeness (QED) is 0.845. The average molecular weight is 272 g/mol. The highest BCUT2D eigenvalue weighted by Crippen LogP contribution is 2.25. The summed E-state index contributed by atoms with van der Waals surface area (Å²) in [5.74, 6) is 2.52. The second kappa shape index (κ2) is 6.75. The molecule has 5 nitrogen and oxygen atoms in total. The highest BCUT2D eigenvalue weighted by molar-refractivity contribution is 5.65. The van der Waals surface area contributed by atoms with Gasteiger partial charge in [-0.05, 0) is 25.5 Å². The Morgan fingerprint density at radius 1 is 1.15 bits per heavy atom. The van der Waals surface area contributed by atoms with Crippen molar-refractivity contribution in [2.24, 2.45) is 0 Å². The van der Waals surface area contributed by atoms with Gasteiger partial charge in [-0.1, -0.05) is 13.0 Å². The zero-order valence-electron chi connectivity index (χ0n) is 12.1. The zero-order valence-corrected chi connectivity index (χ0v) is 12.1. The van der Waals surface area contributed by atoms with Gasteiger partial charge in [-0.25, -0.2) is 9.97 Å². The van der Waals surface area contributed by atoms with Crippen molar-refractivity contribution in [3.63, 3.8) is 0 Å². The summed E-state index contributed by atoms with van der Waals surface area (Å²) in [6.07, 6.45) is 2.41. The van der Waals surface area contributed by atoms with Crippen LogP contribution in [0, 0.1) is 0 Å². The molecule has 1 aromatic heterocycles. The summed E-state index contributed by atoms with van der Waals surface area (Å²) in [6, 6.07) is 7.85. The minimum atomic E-state index is 0.654. The fraction of sp³-hybridized carbons (Fsp3) is 0.333. The molecule has 0 saturated heterocycles. The zero-order chi connectivity index (χ0) is 14.4. The van der Waals surface area contributed by atoms with Crippen LogP contribution in [0.3, 0.4) is 0 Å². The van der Waals surface area contributed by atoms with Gasteiger partial charge in [0.25, 0.3) is 0 Å². The van der Waals surface area contributed by atoms with Crippen LogP contribution in [0.4, 0.5) is 17.3 Å². The lowest BCUT2D eigenvalue weighted by Crippen LogP contribution is -2.05. The van der Waals surface area contributed by atoms with Crippen molar-refractivity contribution in [1.82, 2.24) is 9.97 Å². The number of ether oxygens (including phenoxy) is 1. The van der Waals surface area contributed by atoms with Crippen molar-refractivity contribution in [1.29, 1.82) is 0 Å². The fourth-order valence-corrected chi connectivity index (χ4v) is 2.04. The highest BCUT2D eigenvalue weighted by atomic mass is 16.5. The SMILES string of the molecule is CCOc1cccc(Nc2ncnc(NC)c2CC)c1. The Bertz CT molecular complexity index is 572. The lowest BCUT2D eigenvalue weighted by Gasteiger charge is -2.13. The van der Waals surface area contributed by atoms with E-state index in [4.69, 9.17) is 4.74 Å². The van der Waals surface area contributed by atoms with Gasteiger partial charge in [0.2, 0.25) is 0 Å². The molecule has 106 valence electrons. The van der Waals surface area contributed by atoms with Crippen LogP contribution in [-0.4, -0.2) is 23.6 Å². The molecule has 0 fully saturated rings. The van der Waals surface area contributed by atoms with Crippen molar-refractivity contribution >= 4 is 17.3 Å². The Balaban J connectivity index is 2.27. The maximum atomic E-state index is 5.50. The van der Waals surface area contributed by atoms with E-state index in [0.717, 1.165) is 35.1 Å². The van der Waals surface area contributed by atoms with E-state index < -0.39 is 0 Å². The molecule has 0 aliphatic rings. The van der Waals surface area contributed by atoms with E-state index >= 15 is 0 Å². The fourth-order valence-electron chi connectivity index (χ4n) is 2.04. The molecule has 1 heterocycles. The van der Waals surface area contributed by atoms with Crippen molar-refractivity contribution in [2.45, 2.75) is 20.3 Å². The third-order valence-electron chi connectivity index (χ3n) is 2.94. The molecule has 2 rings (SSSR count). The van der Waals surface area contributed by atoms with Gasteiger partial charge in [-0.15, -0.1) is 0 Å². The van der Waals surface area contributed by atoms with Gasteiger partial charge in [-0.2, -0.15) is 0 Å². The first kappa shape index (κ1) is 14.1. The number of nitrogens with zero attached hydrogens (tertiary/aromatic N) is 2. The summed E-state index contributed by atoms with van der Waals surface area (Å²) in [5.41, 5.74) is 2.02. The number of nitrogens with one attached hydrogen (secondary N) is 2. The summed E-state index contributed by atoms with van der Waals surface area (Å²) in [6.45, 7) is 4.71. The Labute approximate surface area is 119 Å². The van der Waals surface area contributed by atoms with E-state index in [0.29, 0.717) is 6.61 Å². The third-order valence-corrected chi connectivity index (χ3v) is 2.94. The largest absolute Gasteiger partial charge is 0.494 e. The van der Waals surface area contributed by atoms with Crippen molar-refractivity contribution in [2.75, 3.05) is 24.3 Å². The van der Waals surface area contributed by atoms with Gasteiger partial charge in [0.1, 0.15) is 23.7 Å². The van der Waals surface area contributed by atoms with E-state index in [1.807, 2.05) is 38.2 Å². The van der Waals surface area contributed by atoms with Gasteiger partial charge in [0, 0.05) is 24.4 Å². The molecule has 0 aliphatic heterocycles. The summed E-state index contributed by atoms with van der Waals surface area (Å²) in [5, 5.41) is 6.41. The standard InChI is InChI=1S/C15H20N4O/c1-4-13-14(16-3)17-10-18-15(13)19-11-7-6-8-12(9-11)20-5-2/h6-10H,4-5H2,1-3H3,(H2,16,17,18,19). The van der Waals surface area contributed by atoms with Crippen LogP contribution in [0.15, 0.2) is 30.6 Å². The molecular weight excluding hydrogens is 252 g/mol. The molecule has 0 unspecified atom stereocenters. The van der Waals surface area contributed by atoms with Gasteiger partial charge >= 0.3 is 0 Å². The van der Waals surface area contributed by atoms with Crippen LogP contribution in [0.1, 0.15) is 19.4 Å². The third kappa shape index (κ3) is 3.17. The molecule has 0 saturated carbocycles. The lowest BCUT2D eigenvalue weighted by molar-refractivity contribution is 0.340. The van der Waals surface area contributed by atoms with Gasteiger partial charge < -0.3 is 15.4 Å². The van der Waals surface area contributed by atoms with Crippen LogP contribution in [0.2, 0.25) is 0 Å². The molecule has 5 heteroatoms. The molecule has 0 bridgehead atoms. The molecule has 0 radical (unpaired) electrons. The number of benzene rings is 1. The molecular formula is C15H20N4O. The van der Waals surface area contributed by atoms with Crippen LogP contribution < -0.4 is 15.4 Å². The Kier molecular flexibility index (Phi) is 4.76. The first-order chi connectivity index (χ1) is 9.78. The average Bonchev–Trinajstić information content (AvgIpc) is 2.47. The van der Waals surface area contributed by atoms with Crippen LogP contribution in [0.25, 0.3) is 0 Å². The van der Waals surface area contributed by atoms with Crippen LogP contribution in [0.5, 0.6) is 5.75 Å². The summed E-state index contributed by atoms with van der Waals surface area (Å²) in [4.78, 5) is 8.56. The summed E-state index contributed by atoms with van der Waals surface area (Å²) in [7, 11) is 1.86. The Morgan fingerprint density at radius 3 is 2.65 bits per heavy atom. The van der Waals surface area contributed by atoms with E-state index in [9.17, 15) is 0 Å². The number of anilines is 3. The highest BCUT2D eigenvalue weighted by Gasteiger charge is 2.09. The van der Waals surface area contributed by atoms with E-state index in [1.54, 1.807) is 6.33 Å². The molecule has 2 N–H and O–H groups in total. The minimum absolute atomic E-state index is 0.654. The monoisotopic (exact) mass is 272 g/mol. The second-order valence-corrected chi connectivity index (χ2v) is 4.24. The molecule has 2 aromatic rings. The van der Waals surface area contributed by atoms with Gasteiger partial charge in [0.05, 0.1) is 6.61 Å². The van der Waals surface area contributed by atoms with Crippen molar-refractivity contribution in [3.8, 4) is 5.75 Å². The maximum Gasteiger partial charge on any atom is 0.139 e. The molecule has 0 atom stereocenters. The van der Waals surface area contributed by atoms with Crippen LogP contribution in [-0.2, 0) is 6.42 Å². The molecule has 20 heavy (non-hydrogen) atoms. The van der Waals surface area contributed by atoms with Crippen molar-refractivity contribution in [3.05, 3.63) is 36.2 Å². The first-order valence-electron chi connectivity index (χ1n) is 6.80. The van der Waals surface area contributed by atoms with Gasteiger partial charge in [0.15, 0.2) is 0 Å². The molecule has 0 amide bonds. The second-order valence-electron chi connectivity index (χ2n) is 4.24. The topological polar surface area (TPSA) is 59.1 Å². The van der Waals surface area contributed by atoms with Crippen molar-refractivity contribution < 1.29 is 4.74 Å². The minimum Gasteiger partial charge on any atom is -0.494 e. The maximum absolute atomic E-state index is 5.50. The molecule has 1 aromatic carbocycles. The molecule has 0 spiro atoms. The number of aromatic nitrogens is 2. The van der Waals surface area contributed by atoms with Gasteiger partial charge in [-0.3, -0.25) is 0 Å².